The van der Waals surface area contributed by atoms with Crippen LogP contribution in [0.1, 0.15) is 18.4 Å². The summed E-state index contributed by atoms with van der Waals surface area (Å²) >= 11 is 3.55. The molecule has 0 aliphatic carbocycles. The molecule has 1 aliphatic rings. The molecule has 1 heterocycles. The fraction of sp³-hybridized carbons (Fsp3) is 0.571. The molecule has 1 aliphatic heterocycles. The molecule has 2 rings (SSSR count). The van der Waals surface area contributed by atoms with E-state index in [1.807, 2.05) is 7.05 Å². The lowest BCUT2D eigenvalue weighted by atomic mass is 10.1. The van der Waals surface area contributed by atoms with E-state index in [-0.39, 0.29) is 0 Å². The first-order chi connectivity index (χ1) is 8.74. The zero-order chi connectivity index (χ0) is 13.0. The Labute approximate surface area is 117 Å². The molecule has 1 aromatic rings. The molecule has 1 saturated heterocycles. The lowest BCUT2D eigenvalue weighted by Crippen LogP contribution is -2.22. The Kier molecular flexibility index (Phi) is 5.03. The van der Waals surface area contributed by atoms with Crippen LogP contribution in [0.2, 0.25) is 0 Å². The third-order valence-electron chi connectivity index (χ3n) is 3.58. The van der Waals surface area contributed by atoms with Gasteiger partial charge in [-0.3, -0.25) is 0 Å². The molecule has 0 saturated carbocycles. The fourth-order valence-electron chi connectivity index (χ4n) is 2.64. The van der Waals surface area contributed by atoms with Gasteiger partial charge in [0.25, 0.3) is 0 Å². The summed E-state index contributed by atoms with van der Waals surface area (Å²) in [6.07, 6.45) is 2.11. The van der Waals surface area contributed by atoms with Gasteiger partial charge in [0, 0.05) is 36.4 Å². The topological polar surface area (TPSA) is 35.5 Å². The van der Waals surface area contributed by atoms with Gasteiger partial charge in [-0.15, -0.1) is 0 Å². The second-order valence-corrected chi connectivity index (χ2v) is 5.83. The summed E-state index contributed by atoms with van der Waals surface area (Å²) in [5, 5.41) is 12.3. The lowest BCUT2D eigenvalue weighted by Gasteiger charge is -2.22. The van der Waals surface area contributed by atoms with E-state index in [0.29, 0.717) is 12.5 Å². The van der Waals surface area contributed by atoms with E-state index in [1.165, 1.54) is 17.7 Å². The standard InChI is InChI=1S/C14H21BrN2O/c1-16-9-12-2-3-13(15)8-14(12)17-6-4-11(10-17)5-7-18/h2-3,8,11,16,18H,4-7,9-10H2,1H3. The van der Waals surface area contributed by atoms with Crippen molar-refractivity contribution in [2.75, 3.05) is 31.6 Å². The summed E-state index contributed by atoms with van der Waals surface area (Å²) < 4.78 is 1.13. The molecule has 1 unspecified atom stereocenters. The highest BCUT2D eigenvalue weighted by molar-refractivity contribution is 9.10. The van der Waals surface area contributed by atoms with Crippen molar-refractivity contribution in [3.8, 4) is 0 Å². The van der Waals surface area contributed by atoms with Gasteiger partial charge in [0.2, 0.25) is 0 Å². The number of hydrogen-bond donors (Lipinski definition) is 2. The summed E-state index contributed by atoms with van der Waals surface area (Å²) in [6, 6.07) is 6.47. The third-order valence-corrected chi connectivity index (χ3v) is 4.07. The maximum Gasteiger partial charge on any atom is 0.0434 e. The van der Waals surface area contributed by atoms with Crippen molar-refractivity contribution in [1.29, 1.82) is 0 Å². The van der Waals surface area contributed by atoms with Crippen molar-refractivity contribution in [3.05, 3.63) is 28.2 Å². The molecule has 0 radical (unpaired) electrons. The number of nitrogens with one attached hydrogen (secondary N) is 1. The highest BCUT2D eigenvalue weighted by Gasteiger charge is 2.23. The molecular formula is C14H21BrN2O. The van der Waals surface area contributed by atoms with E-state index in [1.54, 1.807) is 0 Å². The number of nitrogens with zero attached hydrogens (tertiary/aromatic N) is 1. The Morgan fingerprint density at radius 1 is 1.50 bits per heavy atom. The molecule has 3 nitrogen and oxygen atoms in total. The minimum atomic E-state index is 0.306. The van der Waals surface area contributed by atoms with Gasteiger partial charge in [-0.05, 0) is 43.5 Å². The molecule has 0 spiro atoms. The van der Waals surface area contributed by atoms with E-state index in [2.05, 4.69) is 44.3 Å². The van der Waals surface area contributed by atoms with Crippen LogP contribution in [0.4, 0.5) is 5.69 Å². The molecule has 1 aromatic carbocycles. The van der Waals surface area contributed by atoms with Crippen molar-refractivity contribution in [1.82, 2.24) is 5.32 Å². The predicted octanol–water partition coefficient (Wildman–Crippen LogP) is 2.38. The average Bonchev–Trinajstić information content (AvgIpc) is 2.81. The second-order valence-electron chi connectivity index (χ2n) is 4.92. The van der Waals surface area contributed by atoms with Gasteiger partial charge in [-0.25, -0.2) is 0 Å². The van der Waals surface area contributed by atoms with Gasteiger partial charge in [0.15, 0.2) is 0 Å². The van der Waals surface area contributed by atoms with Crippen molar-refractivity contribution >= 4 is 21.6 Å². The third kappa shape index (κ3) is 3.25. The monoisotopic (exact) mass is 312 g/mol. The molecule has 4 heteroatoms. The van der Waals surface area contributed by atoms with Gasteiger partial charge in [-0.2, -0.15) is 0 Å². The van der Waals surface area contributed by atoms with Crippen molar-refractivity contribution < 1.29 is 5.11 Å². The van der Waals surface area contributed by atoms with Crippen molar-refractivity contribution in [3.63, 3.8) is 0 Å². The summed E-state index contributed by atoms with van der Waals surface area (Å²) in [5.74, 6) is 0.636. The normalized spacial score (nSPS) is 19.5. The van der Waals surface area contributed by atoms with Crippen LogP contribution >= 0.6 is 15.9 Å². The van der Waals surface area contributed by atoms with Crippen LogP contribution in [0.3, 0.4) is 0 Å². The maximum atomic E-state index is 9.03. The SMILES string of the molecule is CNCc1ccc(Br)cc1N1CCC(CCO)C1. The van der Waals surface area contributed by atoms with Crippen molar-refractivity contribution in [2.24, 2.45) is 5.92 Å². The molecule has 100 valence electrons. The van der Waals surface area contributed by atoms with Crippen LogP contribution in [0.15, 0.2) is 22.7 Å². The number of aliphatic hydroxyl groups excluding tert-OH is 1. The van der Waals surface area contributed by atoms with Crippen LogP contribution in [0, 0.1) is 5.92 Å². The van der Waals surface area contributed by atoms with Crippen LogP contribution in [-0.2, 0) is 6.54 Å². The van der Waals surface area contributed by atoms with Crippen LogP contribution < -0.4 is 10.2 Å². The van der Waals surface area contributed by atoms with Crippen LogP contribution in [-0.4, -0.2) is 31.9 Å². The van der Waals surface area contributed by atoms with Gasteiger partial charge < -0.3 is 15.3 Å². The molecule has 0 amide bonds. The number of benzene rings is 1. The molecule has 1 atom stereocenters. The summed E-state index contributed by atoms with van der Waals surface area (Å²) in [7, 11) is 1.98. The molecule has 18 heavy (non-hydrogen) atoms. The Morgan fingerprint density at radius 3 is 3.06 bits per heavy atom. The van der Waals surface area contributed by atoms with E-state index >= 15 is 0 Å². The molecule has 1 fully saturated rings. The van der Waals surface area contributed by atoms with Crippen LogP contribution in [0.5, 0.6) is 0 Å². The zero-order valence-corrected chi connectivity index (χ0v) is 12.4. The highest BCUT2D eigenvalue weighted by atomic mass is 79.9. The molecule has 0 aromatic heterocycles. The largest absolute Gasteiger partial charge is 0.396 e. The second kappa shape index (κ2) is 6.55. The quantitative estimate of drug-likeness (QED) is 0.876. The number of rotatable bonds is 5. The smallest absolute Gasteiger partial charge is 0.0434 e. The van der Waals surface area contributed by atoms with E-state index < -0.39 is 0 Å². The van der Waals surface area contributed by atoms with E-state index in [9.17, 15) is 0 Å². The summed E-state index contributed by atoms with van der Waals surface area (Å²) in [5.41, 5.74) is 2.66. The molecule has 2 N–H and O–H groups in total. The fourth-order valence-corrected chi connectivity index (χ4v) is 2.99. The minimum absolute atomic E-state index is 0.306. The first kappa shape index (κ1) is 13.8. The van der Waals surface area contributed by atoms with Crippen molar-refractivity contribution in [2.45, 2.75) is 19.4 Å². The van der Waals surface area contributed by atoms with Gasteiger partial charge >= 0.3 is 0 Å². The number of aliphatic hydroxyl groups is 1. The van der Waals surface area contributed by atoms with Gasteiger partial charge in [0.1, 0.15) is 0 Å². The molecule has 0 bridgehead atoms. The predicted molar refractivity (Wildman–Crippen MR) is 78.9 cm³/mol. The first-order valence-electron chi connectivity index (χ1n) is 6.53. The Bertz CT molecular complexity index is 397. The van der Waals surface area contributed by atoms with Gasteiger partial charge in [-0.1, -0.05) is 22.0 Å². The number of anilines is 1. The minimum Gasteiger partial charge on any atom is -0.396 e. The zero-order valence-electron chi connectivity index (χ0n) is 10.8. The lowest BCUT2D eigenvalue weighted by molar-refractivity contribution is 0.263. The highest BCUT2D eigenvalue weighted by Crippen LogP contribution is 2.30. The van der Waals surface area contributed by atoms with E-state index in [4.69, 9.17) is 5.11 Å². The van der Waals surface area contributed by atoms with Crippen LogP contribution in [0.25, 0.3) is 0 Å². The first-order valence-corrected chi connectivity index (χ1v) is 7.32. The van der Waals surface area contributed by atoms with Gasteiger partial charge in [0.05, 0.1) is 0 Å². The summed E-state index contributed by atoms with van der Waals surface area (Å²) in [4.78, 5) is 2.44. The molecular weight excluding hydrogens is 292 g/mol. The Balaban J connectivity index is 2.14. The Morgan fingerprint density at radius 2 is 2.33 bits per heavy atom. The maximum absolute atomic E-state index is 9.03. The number of hydrogen-bond acceptors (Lipinski definition) is 3. The summed E-state index contributed by atoms with van der Waals surface area (Å²) in [6.45, 7) is 3.36. The Hall–Kier alpha value is -0.580. The van der Waals surface area contributed by atoms with E-state index in [0.717, 1.165) is 30.5 Å². The average molecular weight is 313 g/mol. The number of halogens is 1.